The van der Waals surface area contributed by atoms with Crippen LogP contribution < -0.4 is 5.32 Å². The normalized spacial score (nSPS) is 11.8. The Bertz CT molecular complexity index is 560. The van der Waals surface area contributed by atoms with Gasteiger partial charge in [0.05, 0.1) is 17.9 Å². The molecule has 0 saturated heterocycles. The first-order chi connectivity index (χ1) is 8.67. The molecule has 5 heteroatoms. The molecule has 18 heavy (non-hydrogen) atoms. The summed E-state index contributed by atoms with van der Waals surface area (Å²) < 4.78 is 5.27. The van der Waals surface area contributed by atoms with E-state index >= 15 is 0 Å². The van der Waals surface area contributed by atoms with Gasteiger partial charge in [-0.15, -0.1) is 0 Å². The predicted molar refractivity (Wildman–Crippen MR) is 69.5 cm³/mol. The summed E-state index contributed by atoms with van der Waals surface area (Å²) in [4.78, 5) is 4.12. The van der Waals surface area contributed by atoms with E-state index in [1.165, 1.54) is 6.07 Å². The minimum atomic E-state index is 0.133. The van der Waals surface area contributed by atoms with Crippen LogP contribution in [0.2, 0.25) is 5.15 Å². The molecule has 0 fully saturated rings. The number of nitrogens with one attached hydrogen (secondary N) is 1. The number of halogens is 1. The molecule has 0 aliphatic carbocycles. The van der Waals surface area contributed by atoms with Crippen molar-refractivity contribution in [1.29, 1.82) is 5.26 Å². The van der Waals surface area contributed by atoms with E-state index in [0.29, 0.717) is 16.5 Å². The molecule has 1 atom stereocenters. The number of hydrogen-bond donors (Lipinski definition) is 1. The van der Waals surface area contributed by atoms with Crippen LogP contribution in [0.1, 0.15) is 18.2 Å². The highest BCUT2D eigenvalue weighted by molar-refractivity contribution is 6.29. The van der Waals surface area contributed by atoms with Gasteiger partial charge in [0.1, 0.15) is 16.7 Å². The second-order valence-corrected chi connectivity index (χ2v) is 4.39. The number of pyridine rings is 1. The molecule has 2 heterocycles. The van der Waals surface area contributed by atoms with E-state index < -0.39 is 0 Å². The number of anilines is 1. The highest BCUT2D eigenvalue weighted by Crippen LogP contribution is 2.15. The molecule has 0 saturated carbocycles. The van der Waals surface area contributed by atoms with Crippen molar-refractivity contribution in [3.05, 3.63) is 47.0 Å². The van der Waals surface area contributed by atoms with Gasteiger partial charge in [-0.25, -0.2) is 4.98 Å². The largest absolute Gasteiger partial charge is 0.469 e. The van der Waals surface area contributed by atoms with Crippen LogP contribution in [0.3, 0.4) is 0 Å². The fraction of sp³-hybridized carbons (Fsp3) is 0.231. The SMILES string of the molecule is CC(Cc1ccco1)Nc1cc(C#N)cc(Cl)n1. The smallest absolute Gasteiger partial charge is 0.132 e. The number of rotatable bonds is 4. The minimum absolute atomic E-state index is 0.133. The second-order valence-electron chi connectivity index (χ2n) is 4.00. The summed E-state index contributed by atoms with van der Waals surface area (Å²) in [6.07, 6.45) is 2.39. The first-order valence-corrected chi connectivity index (χ1v) is 5.92. The average Bonchev–Trinajstić information content (AvgIpc) is 2.80. The third kappa shape index (κ3) is 3.25. The van der Waals surface area contributed by atoms with Crippen LogP contribution in [-0.4, -0.2) is 11.0 Å². The zero-order valence-corrected chi connectivity index (χ0v) is 10.6. The van der Waals surface area contributed by atoms with Gasteiger partial charge >= 0.3 is 0 Å². The Balaban J connectivity index is 2.05. The first kappa shape index (κ1) is 12.5. The van der Waals surface area contributed by atoms with Gasteiger partial charge in [0.2, 0.25) is 0 Å². The highest BCUT2D eigenvalue weighted by Gasteiger charge is 2.08. The highest BCUT2D eigenvalue weighted by atomic mass is 35.5. The van der Waals surface area contributed by atoms with Crippen molar-refractivity contribution in [2.75, 3.05) is 5.32 Å². The van der Waals surface area contributed by atoms with Crippen molar-refractivity contribution < 1.29 is 4.42 Å². The van der Waals surface area contributed by atoms with Gasteiger partial charge in [0.25, 0.3) is 0 Å². The van der Waals surface area contributed by atoms with Crippen LogP contribution in [0, 0.1) is 11.3 Å². The molecule has 0 aromatic carbocycles. The second kappa shape index (κ2) is 5.56. The Kier molecular flexibility index (Phi) is 3.85. The van der Waals surface area contributed by atoms with E-state index in [0.717, 1.165) is 12.2 Å². The molecular weight excluding hydrogens is 250 g/mol. The molecule has 2 rings (SSSR count). The van der Waals surface area contributed by atoms with Gasteiger partial charge in [-0.3, -0.25) is 0 Å². The summed E-state index contributed by atoms with van der Waals surface area (Å²) in [5.41, 5.74) is 0.489. The van der Waals surface area contributed by atoms with Gasteiger partial charge in [0.15, 0.2) is 0 Å². The molecule has 0 bridgehead atoms. The molecule has 0 radical (unpaired) electrons. The molecule has 2 aromatic heterocycles. The quantitative estimate of drug-likeness (QED) is 0.859. The summed E-state index contributed by atoms with van der Waals surface area (Å²) in [6, 6.07) is 9.16. The maximum Gasteiger partial charge on any atom is 0.132 e. The van der Waals surface area contributed by atoms with E-state index in [4.69, 9.17) is 21.3 Å². The topological polar surface area (TPSA) is 61.9 Å². The van der Waals surface area contributed by atoms with E-state index in [2.05, 4.69) is 10.3 Å². The number of nitriles is 1. The van der Waals surface area contributed by atoms with Gasteiger partial charge in [-0.05, 0) is 31.2 Å². The van der Waals surface area contributed by atoms with Crippen molar-refractivity contribution in [1.82, 2.24) is 4.98 Å². The Labute approximate surface area is 110 Å². The first-order valence-electron chi connectivity index (χ1n) is 5.54. The van der Waals surface area contributed by atoms with Gasteiger partial charge < -0.3 is 9.73 Å². The van der Waals surface area contributed by atoms with Crippen molar-refractivity contribution >= 4 is 17.4 Å². The molecule has 1 unspecified atom stereocenters. The van der Waals surface area contributed by atoms with Crippen molar-refractivity contribution in [3.8, 4) is 6.07 Å². The molecule has 92 valence electrons. The minimum Gasteiger partial charge on any atom is -0.469 e. The summed E-state index contributed by atoms with van der Waals surface area (Å²) in [7, 11) is 0. The Hall–Kier alpha value is -1.99. The maximum atomic E-state index is 8.85. The zero-order chi connectivity index (χ0) is 13.0. The average molecular weight is 262 g/mol. The molecule has 4 nitrogen and oxygen atoms in total. The Morgan fingerprint density at radius 1 is 1.56 bits per heavy atom. The number of aromatic nitrogens is 1. The van der Waals surface area contributed by atoms with Gasteiger partial charge in [0, 0.05) is 12.5 Å². The van der Waals surface area contributed by atoms with Crippen molar-refractivity contribution in [3.63, 3.8) is 0 Å². The summed E-state index contributed by atoms with van der Waals surface area (Å²) in [5.74, 6) is 1.50. The van der Waals surface area contributed by atoms with E-state index in [1.807, 2.05) is 25.1 Å². The zero-order valence-electron chi connectivity index (χ0n) is 9.85. The summed E-state index contributed by atoms with van der Waals surface area (Å²) in [5, 5.41) is 12.3. The van der Waals surface area contributed by atoms with Crippen LogP contribution in [0.25, 0.3) is 0 Å². The third-order valence-electron chi connectivity index (χ3n) is 2.40. The lowest BCUT2D eigenvalue weighted by Crippen LogP contribution is -2.18. The van der Waals surface area contributed by atoms with Crippen LogP contribution in [0.4, 0.5) is 5.82 Å². The van der Waals surface area contributed by atoms with E-state index in [-0.39, 0.29) is 6.04 Å². The molecule has 1 N–H and O–H groups in total. The molecule has 2 aromatic rings. The maximum absolute atomic E-state index is 8.85. The molecule has 0 spiro atoms. The van der Waals surface area contributed by atoms with Crippen molar-refractivity contribution in [2.24, 2.45) is 0 Å². The fourth-order valence-corrected chi connectivity index (χ4v) is 1.88. The van der Waals surface area contributed by atoms with Crippen LogP contribution in [-0.2, 0) is 6.42 Å². The number of hydrogen-bond acceptors (Lipinski definition) is 4. The Morgan fingerprint density at radius 3 is 3.06 bits per heavy atom. The summed E-state index contributed by atoms with van der Waals surface area (Å²) >= 11 is 5.83. The standard InChI is InChI=1S/C13H12ClN3O/c1-9(5-11-3-2-4-18-11)16-13-7-10(8-15)6-12(14)17-13/h2-4,6-7,9H,5H2,1H3,(H,16,17). The molecular formula is C13H12ClN3O. The van der Waals surface area contributed by atoms with E-state index in [9.17, 15) is 0 Å². The lowest BCUT2D eigenvalue weighted by atomic mass is 10.2. The van der Waals surface area contributed by atoms with E-state index in [1.54, 1.807) is 12.3 Å². The molecule has 0 aliphatic heterocycles. The van der Waals surface area contributed by atoms with Crippen LogP contribution in [0.15, 0.2) is 34.9 Å². The predicted octanol–water partition coefficient (Wildman–Crippen LogP) is 3.24. The van der Waals surface area contributed by atoms with Crippen LogP contribution >= 0.6 is 11.6 Å². The molecule has 0 amide bonds. The lowest BCUT2D eigenvalue weighted by molar-refractivity contribution is 0.497. The molecule has 0 aliphatic rings. The van der Waals surface area contributed by atoms with Crippen LogP contribution in [0.5, 0.6) is 0 Å². The number of furan rings is 1. The Morgan fingerprint density at radius 2 is 2.39 bits per heavy atom. The summed E-state index contributed by atoms with van der Waals surface area (Å²) in [6.45, 7) is 2.01. The third-order valence-corrected chi connectivity index (χ3v) is 2.60. The van der Waals surface area contributed by atoms with Gasteiger partial charge in [-0.1, -0.05) is 11.6 Å². The lowest BCUT2D eigenvalue weighted by Gasteiger charge is -2.13. The fourth-order valence-electron chi connectivity index (χ4n) is 1.67. The monoisotopic (exact) mass is 261 g/mol. The van der Waals surface area contributed by atoms with Gasteiger partial charge in [-0.2, -0.15) is 5.26 Å². The van der Waals surface area contributed by atoms with Crippen molar-refractivity contribution in [2.45, 2.75) is 19.4 Å². The number of nitrogens with zero attached hydrogens (tertiary/aromatic N) is 2.